The topological polar surface area (TPSA) is 72.1 Å². The Morgan fingerprint density at radius 1 is 1.16 bits per heavy atom. The second kappa shape index (κ2) is 8.85. The first-order chi connectivity index (χ1) is 15.3. The number of carbonyl (C=O) groups excluding carboxylic acids is 1. The van der Waals surface area contributed by atoms with E-state index in [0.29, 0.717) is 18.8 Å². The van der Waals surface area contributed by atoms with Crippen LogP contribution in [0.4, 0.5) is 0 Å². The molecule has 1 saturated heterocycles. The van der Waals surface area contributed by atoms with Crippen molar-refractivity contribution in [1.29, 1.82) is 0 Å². The normalized spacial score (nSPS) is 15.2. The Bertz CT molecular complexity index is 1090. The summed E-state index contributed by atoms with van der Waals surface area (Å²) in [7, 11) is 0. The lowest BCUT2D eigenvalue weighted by molar-refractivity contribution is 0.0712. The Morgan fingerprint density at radius 3 is 2.41 bits per heavy atom. The molecule has 3 heterocycles. The first-order valence-electron chi connectivity index (χ1n) is 11.5. The number of benzene rings is 1. The molecule has 0 bridgehead atoms. The fraction of sp³-hybridized carbons (Fsp3) is 0.462. The van der Waals surface area contributed by atoms with E-state index < -0.39 is 0 Å². The van der Waals surface area contributed by atoms with Crippen LogP contribution in [-0.4, -0.2) is 39.0 Å². The van der Waals surface area contributed by atoms with E-state index in [1.165, 1.54) is 5.56 Å². The molecular weight excluding hydrogens is 400 g/mol. The molecule has 0 radical (unpaired) electrons. The number of carbonyl (C=O) groups is 1. The maximum Gasteiger partial charge on any atom is 0.253 e. The molecule has 32 heavy (non-hydrogen) atoms. The van der Waals surface area contributed by atoms with Crippen LogP contribution >= 0.6 is 0 Å². The predicted molar refractivity (Wildman–Crippen MR) is 125 cm³/mol. The molecule has 3 aromatic rings. The molecule has 1 fully saturated rings. The van der Waals surface area contributed by atoms with Gasteiger partial charge in [-0.1, -0.05) is 45.0 Å². The van der Waals surface area contributed by atoms with E-state index in [2.05, 4.69) is 37.8 Å². The van der Waals surface area contributed by atoms with Gasteiger partial charge in [0.15, 0.2) is 5.76 Å². The summed E-state index contributed by atoms with van der Waals surface area (Å²) in [6, 6.07) is 9.90. The van der Waals surface area contributed by atoms with Crippen LogP contribution in [0.3, 0.4) is 0 Å². The van der Waals surface area contributed by atoms with Crippen LogP contribution in [0.1, 0.15) is 79.6 Å². The van der Waals surface area contributed by atoms with Crippen LogP contribution in [0.5, 0.6) is 0 Å². The maximum absolute atomic E-state index is 13.0. The Hall–Kier alpha value is -3.02. The second-order valence-corrected chi connectivity index (χ2v) is 9.69. The van der Waals surface area contributed by atoms with Gasteiger partial charge in [-0.25, -0.2) is 9.97 Å². The second-order valence-electron chi connectivity index (χ2n) is 9.69. The molecule has 6 heteroatoms. The highest BCUT2D eigenvalue weighted by Gasteiger charge is 2.30. The number of likely N-dealkylation sites (tertiary alicyclic amines) is 1. The summed E-state index contributed by atoms with van der Waals surface area (Å²) < 4.78 is 5.55. The molecule has 0 aliphatic carbocycles. The summed E-state index contributed by atoms with van der Waals surface area (Å²) in [6.45, 7) is 11.8. The SMILES string of the molecule is CCc1ccc(C(=O)N2CCC(c3nc(C(C)(C)C)ncc3-c3cc(C)no3)CC2)cc1. The molecule has 0 atom stereocenters. The zero-order valence-electron chi connectivity index (χ0n) is 19.7. The van der Waals surface area contributed by atoms with Crippen molar-refractivity contribution >= 4 is 5.91 Å². The Labute approximate surface area is 190 Å². The van der Waals surface area contributed by atoms with E-state index in [9.17, 15) is 4.79 Å². The fourth-order valence-electron chi connectivity index (χ4n) is 4.17. The summed E-state index contributed by atoms with van der Waals surface area (Å²) >= 11 is 0. The van der Waals surface area contributed by atoms with Crippen molar-refractivity contribution < 1.29 is 9.32 Å². The number of piperidine rings is 1. The van der Waals surface area contributed by atoms with Gasteiger partial charge in [-0.3, -0.25) is 4.79 Å². The van der Waals surface area contributed by atoms with E-state index in [0.717, 1.165) is 47.6 Å². The highest BCUT2D eigenvalue weighted by atomic mass is 16.5. The third-order valence-electron chi connectivity index (χ3n) is 6.16. The van der Waals surface area contributed by atoms with Crippen molar-refractivity contribution in [3.63, 3.8) is 0 Å². The van der Waals surface area contributed by atoms with Crippen LogP contribution in [-0.2, 0) is 11.8 Å². The Kier molecular flexibility index (Phi) is 6.13. The highest BCUT2D eigenvalue weighted by Crippen LogP contribution is 2.35. The van der Waals surface area contributed by atoms with Gasteiger partial charge in [-0.05, 0) is 43.9 Å². The van der Waals surface area contributed by atoms with Crippen LogP contribution in [0, 0.1) is 6.92 Å². The minimum Gasteiger partial charge on any atom is -0.356 e. The monoisotopic (exact) mass is 432 g/mol. The largest absolute Gasteiger partial charge is 0.356 e. The number of amides is 1. The first kappa shape index (κ1) is 22.2. The lowest BCUT2D eigenvalue weighted by Crippen LogP contribution is -2.38. The number of aryl methyl sites for hydroxylation is 2. The Morgan fingerprint density at radius 2 is 1.84 bits per heavy atom. The molecule has 6 nitrogen and oxygen atoms in total. The number of hydrogen-bond donors (Lipinski definition) is 0. The van der Waals surface area contributed by atoms with Gasteiger partial charge in [-0.15, -0.1) is 0 Å². The molecular formula is C26H32N4O2. The van der Waals surface area contributed by atoms with Gasteiger partial charge < -0.3 is 9.42 Å². The van der Waals surface area contributed by atoms with Crippen molar-refractivity contribution in [2.75, 3.05) is 13.1 Å². The summed E-state index contributed by atoms with van der Waals surface area (Å²) in [5.41, 5.74) is 4.59. The van der Waals surface area contributed by atoms with Crippen molar-refractivity contribution in [2.24, 2.45) is 0 Å². The van der Waals surface area contributed by atoms with Gasteiger partial charge in [0.05, 0.1) is 17.0 Å². The summed E-state index contributed by atoms with van der Waals surface area (Å²) in [5.74, 6) is 1.87. The quantitative estimate of drug-likeness (QED) is 0.558. The van der Waals surface area contributed by atoms with E-state index >= 15 is 0 Å². The predicted octanol–water partition coefficient (Wildman–Crippen LogP) is 5.32. The molecule has 1 aromatic carbocycles. The van der Waals surface area contributed by atoms with Crippen LogP contribution in [0.15, 0.2) is 41.1 Å². The van der Waals surface area contributed by atoms with Crippen LogP contribution in [0.25, 0.3) is 11.3 Å². The summed E-state index contributed by atoms with van der Waals surface area (Å²) in [5, 5.41) is 4.05. The molecule has 0 N–H and O–H groups in total. The fourth-order valence-corrected chi connectivity index (χ4v) is 4.17. The number of rotatable bonds is 4. The van der Waals surface area contributed by atoms with E-state index in [1.807, 2.05) is 48.4 Å². The highest BCUT2D eigenvalue weighted by molar-refractivity contribution is 5.94. The number of hydrogen-bond acceptors (Lipinski definition) is 5. The van der Waals surface area contributed by atoms with Gasteiger partial charge >= 0.3 is 0 Å². The van der Waals surface area contributed by atoms with Gasteiger partial charge in [0, 0.05) is 42.2 Å². The standard InChI is InChI=1S/C26H32N4O2/c1-6-18-7-9-20(10-8-18)24(31)30-13-11-19(12-14-30)23-21(22-15-17(2)29-32-22)16-27-25(28-23)26(3,4)5/h7-10,15-16,19H,6,11-14H2,1-5H3. The minimum atomic E-state index is -0.147. The molecule has 0 spiro atoms. The molecule has 1 amide bonds. The lowest BCUT2D eigenvalue weighted by atomic mass is 9.88. The molecule has 1 aliphatic rings. The molecule has 168 valence electrons. The van der Waals surface area contributed by atoms with Gasteiger partial charge in [0.25, 0.3) is 5.91 Å². The van der Waals surface area contributed by atoms with Crippen LogP contribution in [0.2, 0.25) is 0 Å². The van der Waals surface area contributed by atoms with Gasteiger partial charge in [0.2, 0.25) is 0 Å². The van der Waals surface area contributed by atoms with Crippen molar-refractivity contribution in [3.8, 4) is 11.3 Å². The first-order valence-corrected chi connectivity index (χ1v) is 11.5. The van der Waals surface area contributed by atoms with Gasteiger partial charge in [0.1, 0.15) is 5.82 Å². The molecule has 4 rings (SSSR count). The van der Waals surface area contributed by atoms with E-state index in [1.54, 1.807) is 0 Å². The third-order valence-corrected chi connectivity index (χ3v) is 6.16. The smallest absolute Gasteiger partial charge is 0.253 e. The average molecular weight is 433 g/mol. The van der Waals surface area contributed by atoms with Crippen molar-refractivity contribution in [2.45, 2.75) is 65.2 Å². The zero-order chi connectivity index (χ0) is 22.9. The number of nitrogens with zero attached hydrogens (tertiary/aromatic N) is 4. The molecule has 1 aliphatic heterocycles. The minimum absolute atomic E-state index is 0.107. The van der Waals surface area contributed by atoms with Crippen LogP contribution < -0.4 is 0 Å². The lowest BCUT2D eigenvalue weighted by Gasteiger charge is -2.33. The zero-order valence-corrected chi connectivity index (χ0v) is 19.7. The summed E-state index contributed by atoms with van der Waals surface area (Å²) in [6.07, 6.45) is 4.57. The Balaban J connectivity index is 1.56. The average Bonchev–Trinajstić information content (AvgIpc) is 3.24. The summed E-state index contributed by atoms with van der Waals surface area (Å²) in [4.78, 5) is 24.6. The molecule has 2 aromatic heterocycles. The van der Waals surface area contributed by atoms with Crippen molar-refractivity contribution in [3.05, 3.63) is 64.9 Å². The van der Waals surface area contributed by atoms with Gasteiger partial charge in [-0.2, -0.15) is 0 Å². The van der Waals surface area contributed by atoms with Crippen molar-refractivity contribution in [1.82, 2.24) is 20.0 Å². The third kappa shape index (κ3) is 4.59. The van der Waals surface area contributed by atoms with E-state index in [-0.39, 0.29) is 17.2 Å². The maximum atomic E-state index is 13.0. The number of aromatic nitrogens is 3. The molecule has 0 saturated carbocycles. The van der Waals surface area contributed by atoms with E-state index in [4.69, 9.17) is 9.51 Å². The molecule has 0 unspecified atom stereocenters.